The van der Waals surface area contributed by atoms with Gasteiger partial charge in [0.2, 0.25) is 0 Å². The zero-order valence-corrected chi connectivity index (χ0v) is 16.4. The van der Waals surface area contributed by atoms with Gasteiger partial charge in [0, 0.05) is 11.6 Å². The Kier molecular flexibility index (Phi) is 7.07. The summed E-state index contributed by atoms with van der Waals surface area (Å²) in [5.74, 6) is 0.205. The summed E-state index contributed by atoms with van der Waals surface area (Å²) in [5, 5.41) is 0.298. The fourth-order valence-corrected chi connectivity index (χ4v) is 3.00. The molecule has 0 aromatic heterocycles. The summed E-state index contributed by atoms with van der Waals surface area (Å²) in [6, 6.07) is 7.72. The van der Waals surface area contributed by atoms with Gasteiger partial charge in [-0.05, 0) is 58.5 Å². The van der Waals surface area contributed by atoms with Gasteiger partial charge in [-0.15, -0.1) is 0 Å². The second-order valence-electron chi connectivity index (χ2n) is 4.92. The minimum atomic E-state index is -0.444. The maximum atomic E-state index is 13.1. The number of hydrogen-bond acceptors (Lipinski definition) is 4. The van der Waals surface area contributed by atoms with Gasteiger partial charge in [0.1, 0.15) is 12.4 Å². The number of halogens is 3. The molecular weight excluding hydrogens is 462 g/mol. The number of hydrogen-bond donors (Lipinski definition) is 0. The molecule has 2 rings (SSSR count). The molecular formula is C18H15ClFIO4. The molecule has 0 aliphatic heterocycles. The number of benzene rings is 2. The van der Waals surface area contributed by atoms with E-state index < -0.39 is 11.8 Å². The van der Waals surface area contributed by atoms with Gasteiger partial charge in [-0.2, -0.15) is 0 Å². The lowest BCUT2D eigenvalue weighted by Crippen LogP contribution is -2.01. The lowest BCUT2D eigenvalue weighted by molar-refractivity contribution is -0.134. The third-order valence-corrected chi connectivity index (χ3v) is 4.41. The first-order chi connectivity index (χ1) is 11.9. The van der Waals surface area contributed by atoms with Crippen LogP contribution in [0.15, 0.2) is 36.4 Å². The Hall–Kier alpha value is -1.80. The maximum absolute atomic E-state index is 13.1. The van der Waals surface area contributed by atoms with Gasteiger partial charge >= 0.3 is 5.97 Å². The van der Waals surface area contributed by atoms with Crippen molar-refractivity contribution in [2.45, 2.75) is 6.61 Å². The van der Waals surface area contributed by atoms with E-state index in [0.29, 0.717) is 22.1 Å². The molecule has 4 nitrogen and oxygen atoms in total. The summed E-state index contributed by atoms with van der Waals surface area (Å²) in [6.07, 6.45) is 2.95. The number of ether oxygens (including phenoxy) is 3. The normalized spacial score (nSPS) is 10.8. The van der Waals surface area contributed by atoms with Crippen molar-refractivity contribution in [3.05, 3.63) is 61.9 Å². The Labute approximate surface area is 163 Å². The minimum Gasteiger partial charge on any atom is -0.493 e. The Morgan fingerprint density at radius 3 is 2.68 bits per heavy atom. The molecule has 0 bridgehead atoms. The third-order valence-electron chi connectivity index (χ3n) is 3.25. The van der Waals surface area contributed by atoms with Crippen molar-refractivity contribution < 1.29 is 23.4 Å². The van der Waals surface area contributed by atoms with E-state index in [1.807, 2.05) is 6.07 Å². The van der Waals surface area contributed by atoms with Gasteiger partial charge in [0.05, 0.1) is 22.8 Å². The molecule has 2 aromatic rings. The first kappa shape index (κ1) is 19.5. The van der Waals surface area contributed by atoms with Gasteiger partial charge in [-0.1, -0.05) is 17.7 Å². The molecule has 0 aliphatic rings. The van der Waals surface area contributed by atoms with Crippen LogP contribution in [0.25, 0.3) is 6.08 Å². The topological polar surface area (TPSA) is 44.8 Å². The van der Waals surface area contributed by atoms with Crippen LogP contribution in [0.5, 0.6) is 11.5 Å². The maximum Gasteiger partial charge on any atom is 0.330 e. The molecule has 0 N–H and O–H groups in total. The standard InChI is InChI=1S/C18H15ClFIO4/c1-23-16-8-11(3-6-17(22)24-2)7-15(21)18(16)25-10-12-4-5-13(20)9-14(12)19/h3-9H,10H2,1-2H3/b6-3+. The molecule has 0 spiro atoms. The third kappa shape index (κ3) is 5.34. The van der Waals surface area contributed by atoms with E-state index in [-0.39, 0.29) is 6.61 Å². The van der Waals surface area contributed by atoms with Gasteiger partial charge in [-0.25, -0.2) is 9.18 Å². The first-order valence-corrected chi connectivity index (χ1v) is 8.60. The van der Waals surface area contributed by atoms with Crippen molar-refractivity contribution >= 4 is 46.2 Å². The second kappa shape index (κ2) is 9.05. The SMILES string of the molecule is COC(=O)/C=C/c1cc(I)c(OCc2ccc(F)cc2Cl)c(OC)c1. The van der Waals surface area contributed by atoms with Crippen molar-refractivity contribution in [3.63, 3.8) is 0 Å². The van der Waals surface area contributed by atoms with Crippen LogP contribution in [0.2, 0.25) is 5.02 Å². The van der Waals surface area contributed by atoms with Crippen molar-refractivity contribution in [3.8, 4) is 11.5 Å². The average Bonchev–Trinajstić information content (AvgIpc) is 2.59. The lowest BCUT2D eigenvalue weighted by atomic mass is 10.2. The molecule has 0 unspecified atom stereocenters. The predicted octanol–water partition coefficient (Wildman–Crippen LogP) is 4.86. The van der Waals surface area contributed by atoms with Gasteiger partial charge < -0.3 is 14.2 Å². The molecule has 0 aliphatic carbocycles. The molecule has 0 atom stereocenters. The number of methoxy groups -OCH3 is 2. The quantitative estimate of drug-likeness (QED) is 0.339. The van der Waals surface area contributed by atoms with E-state index in [0.717, 1.165) is 9.13 Å². The highest BCUT2D eigenvalue weighted by Gasteiger charge is 2.12. The number of rotatable bonds is 6. The molecule has 7 heteroatoms. The lowest BCUT2D eigenvalue weighted by Gasteiger charge is -2.14. The van der Waals surface area contributed by atoms with Crippen LogP contribution in [0.1, 0.15) is 11.1 Å². The van der Waals surface area contributed by atoms with E-state index in [1.54, 1.807) is 18.2 Å². The highest BCUT2D eigenvalue weighted by molar-refractivity contribution is 14.1. The number of carbonyl (C=O) groups excluding carboxylic acids is 1. The van der Waals surface area contributed by atoms with Crippen LogP contribution in [-0.2, 0) is 16.1 Å². The highest BCUT2D eigenvalue weighted by Crippen LogP contribution is 2.35. The summed E-state index contributed by atoms with van der Waals surface area (Å²) in [4.78, 5) is 11.2. The summed E-state index contributed by atoms with van der Waals surface area (Å²) < 4.78 is 29.6. The monoisotopic (exact) mass is 476 g/mol. The first-order valence-electron chi connectivity index (χ1n) is 7.15. The molecule has 0 saturated heterocycles. The highest BCUT2D eigenvalue weighted by atomic mass is 127. The van der Waals surface area contributed by atoms with Crippen LogP contribution in [-0.4, -0.2) is 20.2 Å². The minimum absolute atomic E-state index is 0.169. The van der Waals surface area contributed by atoms with Crippen LogP contribution >= 0.6 is 34.2 Å². The summed E-state index contributed by atoms with van der Waals surface area (Å²) in [5.41, 5.74) is 1.43. The predicted molar refractivity (Wildman–Crippen MR) is 103 cm³/mol. The van der Waals surface area contributed by atoms with Gasteiger partial charge in [0.25, 0.3) is 0 Å². The zero-order chi connectivity index (χ0) is 18.4. The number of esters is 1. The Balaban J connectivity index is 2.22. The van der Waals surface area contributed by atoms with Crippen LogP contribution in [0, 0.1) is 9.39 Å². The van der Waals surface area contributed by atoms with Gasteiger partial charge in [-0.3, -0.25) is 0 Å². The molecule has 25 heavy (non-hydrogen) atoms. The fourth-order valence-electron chi connectivity index (χ4n) is 2.00. The molecule has 0 fully saturated rings. The summed E-state index contributed by atoms with van der Waals surface area (Å²) in [6.45, 7) is 0.169. The van der Waals surface area contributed by atoms with E-state index >= 15 is 0 Å². The molecule has 0 radical (unpaired) electrons. The van der Waals surface area contributed by atoms with Crippen LogP contribution < -0.4 is 9.47 Å². The fraction of sp³-hybridized carbons (Fsp3) is 0.167. The molecule has 0 amide bonds. The van der Waals surface area contributed by atoms with Crippen LogP contribution in [0.4, 0.5) is 4.39 Å². The summed E-state index contributed by atoms with van der Waals surface area (Å²) >= 11 is 8.12. The van der Waals surface area contributed by atoms with E-state index in [2.05, 4.69) is 27.3 Å². The van der Waals surface area contributed by atoms with Crippen molar-refractivity contribution in [2.24, 2.45) is 0 Å². The molecule has 0 heterocycles. The van der Waals surface area contributed by atoms with Crippen LogP contribution in [0.3, 0.4) is 0 Å². The molecule has 132 valence electrons. The Morgan fingerprint density at radius 1 is 1.28 bits per heavy atom. The van der Waals surface area contributed by atoms with Gasteiger partial charge in [0.15, 0.2) is 11.5 Å². The molecule has 0 saturated carbocycles. The largest absolute Gasteiger partial charge is 0.493 e. The van der Waals surface area contributed by atoms with Crippen molar-refractivity contribution in [1.82, 2.24) is 0 Å². The van der Waals surface area contributed by atoms with Crippen molar-refractivity contribution in [1.29, 1.82) is 0 Å². The van der Waals surface area contributed by atoms with E-state index in [1.165, 1.54) is 32.4 Å². The van der Waals surface area contributed by atoms with Crippen molar-refractivity contribution in [2.75, 3.05) is 14.2 Å². The smallest absolute Gasteiger partial charge is 0.330 e. The number of carbonyl (C=O) groups is 1. The average molecular weight is 477 g/mol. The van der Waals surface area contributed by atoms with E-state index in [9.17, 15) is 9.18 Å². The second-order valence-corrected chi connectivity index (χ2v) is 6.48. The summed E-state index contributed by atoms with van der Waals surface area (Å²) in [7, 11) is 2.84. The molecule has 2 aromatic carbocycles. The van der Waals surface area contributed by atoms with E-state index in [4.69, 9.17) is 21.1 Å². The zero-order valence-electron chi connectivity index (χ0n) is 13.5. The Bertz CT molecular complexity index is 808. The Morgan fingerprint density at radius 2 is 2.04 bits per heavy atom.